The van der Waals surface area contributed by atoms with Crippen molar-refractivity contribution < 1.29 is 0 Å². The fourth-order valence-corrected chi connectivity index (χ4v) is 1.92. The maximum absolute atomic E-state index is 5.96. The average molecular weight is 226 g/mol. The second-order valence-electron chi connectivity index (χ2n) is 3.92. The molecule has 0 aliphatic carbocycles. The summed E-state index contributed by atoms with van der Waals surface area (Å²) in [5, 5.41) is 4.24. The molecule has 1 aromatic rings. The summed E-state index contributed by atoms with van der Waals surface area (Å²) in [5.41, 5.74) is 1.34. The molecule has 0 radical (unpaired) electrons. The predicted molar refractivity (Wildman–Crippen MR) is 67.5 cm³/mol. The third-order valence-electron chi connectivity index (χ3n) is 2.67. The molecule has 1 atom stereocenters. The first kappa shape index (κ1) is 12.5. The zero-order valence-corrected chi connectivity index (χ0v) is 10.3. The number of rotatable bonds is 6. The summed E-state index contributed by atoms with van der Waals surface area (Å²) in [4.78, 5) is 0. The van der Waals surface area contributed by atoms with Crippen molar-refractivity contribution in [2.45, 2.75) is 26.7 Å². The minimum absolute atomic E-state index is 0.711. The zero-order valence-electron chi connectivity index (χ0n) is 9.59. The standard InChI is InChI=1S/C13H20ClN/c1-3-11(10-15-4-2)8-12-6-5-7-13(14)9-12/h5-7,9,11,15H,3-4,8,10H2,1-2H3. The molecule has 0 heterocycles. The van der Waals surface area contributed by atoms with Gasteiger partial charge >= 0.3 is 0 Å². The van der Waals surface area contributed by atoms with Crippen LogP contribution in [0.3, 0.4) is 0 Å². The van der Waals surface area contributed by atoms with E-state index in [9.17, 15) is 0 Å². The van der Waals surface area contributed by atoms with Crippen LogP contribution in [-0.4, -0.2) is 13.1 Å². The van der Waals surface area contributed by atoms with Gasteiger partial charge in [-0.1, -0.05) is 44.0 Å². The monoisotopic (exact) mass is 225 g/mol. The van der Waals surface area contributed by atoms with Crippen LogP contribution in [0.4, 0.5) is 0 Å². The largest absolute Gasteiger partial charge is 0.317 e. The molecule has 0 saturated heterocycles. The molecule has 1 unspecified atom stereocenters. The van der Waals surface area contributed by atoms with Gasteiger partial charge in [0, 0.05) is 5.02 Å². The lowest BCUT2D eigenvalue weighted by Crippen LogP contribution is -2.23. The normalized spacial score (nSPS) is 12.7. The van der Waals surface area contributed by atoms with E-state index in [0.29, 0.717) is 5.92 Å². The SMILES string of the molecule is CCNCC(CC)Cc1cccc(Cl)c1. The van der Waals surface area contributed by atoms with Crippen molar-refractivity contribution in [1.29, 1.82) is 0 Å². The molecule has 0 aliphatic rings. The van der Waals surface area contributed by atoms with Gasteiger partial charge in [0.05, 0.1) is 0 Å². The highest BCUT2D eigenvalue weighted by Gasteiger charge is 2.06. The van der Waals surface area contributed by atoms with E-state index in [1.165, 1.54) is 12.0 Å². The van der Waals surface area contributed by atoms with E-state index in [-0.39, 0.29) is 0 Å². The van der Waals surface area contributed by atoms with Gasteiger partial charge < -0.3 is 5.32 Å². The van der Waals surface area contributed by atoms with Crippen molar-refractivity contribution in [3.63, 3.8) is 0 Å². The summed E-state index contributed by atoms with van der Waals surface area (Å²) >= 11 is 5.96. The van der Waals surface area contributed by atoms with E-state index in [1.807, 2.05) is 12.1 Å². The fourth-order valence-electron chi connectivity index (χ4n) is 1.71. The van der Waals surface area contributed by atoms with Gasteiger partial charge in [-0.3, -0.25) is 0 Å². The van der Waals surface area contributed by atoms with Gasteiger partial charge in [-0.15, -0.1) is 0 Å². The number of hydrogen-bond acceptors (Lipinski definition) is 1. The lowest BCUT2D eigenvalue weighted by molar-refractivity contribution is 0.467. The Morgan fingerprint density at radius 1 is 1.33 bits per heavy atom. The summed E-state index contributed by atoms with van der Waals surface area (Å²) in [7, 11) is 0. The van der Waals surface area contributed by atoms with Crippen LogP contribution in [-0.2, 0) is 6.42 Å². The van der Waals surface area contributed by atoms with Gasteiger partial charge in [0.15, 0.2) is 0 Å². The van der Waals surface area contributed by atoms with E-state index >= 15 is 0 Å². The van der Waals surface area contributed by atoms with Crippen molar-refractivity contribution in [2.24, 2.45) is 5.92 Å². The van der Waals surface area contributed by atoms with E-state index < -0.39 is 0 Å². The van der Waals surface area contributed by atoms with Crippen LogP contribution in [0.5, 0.6) is 0 Å². The molecular formula is C13H20ClN. The third-order valence-corrected chi connectivity index (χ3v) is 2.91. The molecule has 0 aromatic heterocycles. The Bertz CT molecular complexity index is 286. The van der Waals surface area contributed by atoms with Crippen molar-refractivity contribution >= 4 is 11.6 Å². The molecule has 0 fully saturated rings. The summed E-state index contributed by atoms with van der Waals surface area (Å²) in [5.74, 6) is 0.711. The van der Waals surface area contributed by atoms with Crippen LogP contribution in [0, 0.1) is 5.92 Å². The number of benzene rings is 1. The first-order valence-electron chi connectivity index (χ1n) is 5.71. The maximum Gasteiger partial charge on any atom is 0.0408 e. The number of hydrogen-bond donors (Lipinski definition) is 1. The van der Waals surface area contributed by atoms with Crippen LogP contribution in [0.15, 0.2) is 24.3 Å². The Morgan fingerprint density at radius 2 is 2.13 bits per heavy atom. The molecule has 0 saturated carbocycles. The topological polar surface area (TPSA) is 12.0 Å². The Hall–Kier alpha value is -0.530. The molecule has 84 valence electrons. The fraction of sp³-hybridized carbons (Fsp3) is 0.538. The van der Waals surface area contributed by atoms with Crippen molar-refractivity contribution in [3.05, 3.63) is 34.9 Å². The van der Waals surface area contributed by atoms with Gasteiger partial charge in [0.25, 0.3) is 0 Å². The molecular weight excluding hydrogens is 206 g/mol. The van der Waals surface area contributed by atoms with Crippen molar-refractivity contribution in [2.75, 3.05) is 13.1 Å². The maximum atomic E-state index is 5.96. The minimum atomic E-state index is 0.711. The molecule has 1 N–H and O–H groups in total. The molecule has 0 bridgehead atoms. The molecule has 1 aromatic carbocycles. The van der Waals surface area contributed by atoms with Gasteiger partial charge in [0.1, 0.15) is 0 Å². The highest BCUT2D eigenvalue weighted by Crippen LogP contribution is 2.15. The van der Waals surface area contributed by atoms with Crippen LogP contribution in [0.2, 0.25) is 5.02 Å². The lowest BCUT2D eigenvalue weighted by atomic mass is 9.97. The number of halogens is 1. The summed E-state index contributed by atoms with van der Waals surface area (Å²) in [6.07, 6.45) is 2.32. The molecule has 0 amide bonds. The van der Waals surface area contributed by atoms with Crippen molar-refractivity contribution in [3.8, 4) is 0 Å². The van der Waals surface area contributed by atoms with E-state index in [1.54, 1.807) is 0 Å². The summed E-state index contributed by atoms with van der Waals surface area (Å²) in [6.45, 7) is 6.53. The van der Waals surface area contributed by atoms with Crippen molar-refractivity contribution in [1.82, 2.24) is 5.32 Å². The van der Waals surface area contributed by atoms with Gasteiger partial charge in [-0.2, -0.15) is 0 Å². The van der Waals surface area contributed by atoms with Crippen LogP contribution in [0.1, 0.15) is 25.8 Å². The minimum Gasteiger partial charge on any atom is -0.317 e. The Balaban J connectivity index is 2.50. The lowest BCUT2D eigenvalue weighted by Gasteiger charge is -2.15. The third kappa shape index (κ3) is 4.67. The van der Waals surface area contributed by atoms with E-state index in [2.05, 4.69) is 31.3 Å². The quantitative estimate of drug-likeness (QED) is 0.781. The Morgan fingerprint density at radius 3 is 2.73 bits per heavy atom. The molecule has 0 aliphatic heterocycles. The molecule has 2 heteroatoms. The Kier molecular flexibility index (Phi) is 5.74. The van der Waals surface area contributed by atoms with E-state index in [0.717, 1.165) is 24.5 Å². The molecule has 15 heavy (non-hydrogen) atoms. The van der Waals surface area contributed by atoms with Gasteiger partial charge in [-0.25, -0.2) is 0 Å². The highest BCUT2D eigenvalue weighted by atomic mass is 35.5. The first-order chi connectivity index (χ1) is 7.26. The zero-order chi connectivity index (χ0) is 11.1. The second-order valence-corrected chi connectivity index (χ2v) is 4.35. The smallest absolute Gasteiger partial charge is 0.0408 e. The Labute approximate surface area is 97.8 Å². The molecule has 1 nitrogen and oxygen atoms in total. The van der Waals surface area contributed by atoms with E-state index in [4.69, 9.17) is 11.6 Å². The number of nitrogens with one attached hydrogen (secondary N) is 1. The van der Waals surface area contributed by atoms with Crippen LogP contribution < -0.4 is 5.32 Å². The first-order valence-corrected chi connectivity index (χ1v) is 6.09. The molecule has 1 rings (SSSR count). The summed E-state index contributed by atoms with van der Waals surface area (Å²) < 4.78 is 0. The van der Waals surface area contributed by atoms with Crippen LogP contribution in [0.25, 0.3) is 0 Å². The second kappa shape index (κ2) is 6.86. The summed E-state index contributed by atoms with van der Waals surface area (Å²) in [6, 6.07) is 8.17. The van der Waals surface area contributed by atoms with Gasteiger partial charge in [0.2, 0.25) is 0 Å². The average Bonchev–Trinajstić information content (AvgIpc) is 2.24. The molecule has 0 spiro atoms. The predicted octanol–water partition coefficient (Wildman–Crippen LogP) is 3.52. The highest BCUT2D eigenvalue weighted by molar-refractivity contribution is 6.30. The van der Waals surface area contributed by atoms with Gasteiger partial charge in [-0.05, 0) is 43.1 Å². The van der Waals surface area contributed by atoms with Crippen LogP contribution >= 0.6 is 11.6 Å².